The van der Waals surface area contributed by atoms with Gasteiger partial charge in [-0.25, -0.2) is 4.68 Å². The number of hydrogen-bond acceptors (Lipinski definition) is 6. The Morgan fingerprint density at radius 2 is 1.63 bits per heavy atom. The molecule has 1 saturated heterocycles. The average Bonchev–Trinajstić information content (AvgIpc) is 3.49. The van der Waals surface area contributed by atoms with Gasteiger partial charge in [-0.2, -0.15) is 0 Å². The molecule has 224 valence electrons. The van der Waals surface area contributed by atoms with Crippen LogP contribution in [0.2, 0.25) is 10.0 Å². The number of piperidine rings is 1. The van der Waals surface area contributed by atoms with E-state index in [0.717, 1.165) is 49.3 Å². The van der Waals surface area contributed by atoms with Gasteiger partial charge in [0.1, 0.15) is 5.69 Å². The molecule has 3 aromatic carbocycles. The van der Waals surface area contributed by atoms with Gasteiger partial charge in [-0.3, -0.25) is 9.59 Å². The van der Waals surface area contributed by atoms with Gasteiger partial charge in [0.05, 0.1) is 27.5 Å². The molecule has 43 heavy (non-hydrogen) atoms. The van der Waals surface area contributed by atoms with Crippen LogP contribution in [0.25, 0.3) is 5.69 Å². The van der Waals surface area contributed by atoms with Gasteiger partial charge < -0.3 is 15.0 Å². The van der Waals surface area contributed by atoms with Gasteiger partial charge >= 0.3 is 5.97 Å². The second-order valence-corrected chi connectivity index (χ2v) is 11.8. The Morgan fingerprint density at radius 3 is 2.26 bits per heavy atom. The van der Waals surface area contributed by atoms with E-state index in [2.05, 4.69) is 32.7 Å². The van der Waals surface area contributed by atoms with Crippen LogP contribution in [0.15, 0.2) is 85.1 Å². The first kappa shape index (κ1) is 30.7. The summed E-state index contributed by atoms with van der Waals surface area (Å²) < 4.78 is 7.75. The predicted molar refractivity (Wildman–Crippen MR) is 167 cm³/mol. The highest BCUT2D eigenvalue weighted by molar-refractivity contribution is 6.42. The van der Waals surface area contributed by atoms with E-state index in [-0.39, 0.29) is 11.8 Å². The number of nitrogens with one attached hydrogen (secondary N) is 1. The zero-order valence-corrected chi connectivity index (χ0v) is 25.8. The Balaban J connectivity index is 1.42. The molecule has 0 unspecified atom stereocenters. The number of carbonyl (C=O) groups excluding carboxylic acids is 2. The molecule has 10 heteroatoms. The number of hydrogen-bond donors (Lipinski definition) is 1. The molecule has 0 aliphatic carbocycles. The van der Waals surface area contributed by atoms with E-state index in [1.807, 2.05) is 60.7 Å². The maximum atomic E-state index is 12.5. The molecule has 1 aliphatic rings. The van der Waals surface area contributed by atoms with Crippen molar-refractivity contribution in [3.8, 4) is 5.69 Å². The quantitative estimate of drug-likeness (QED) is 0.204. The lowest BCUT2D eigenvalue weighted by Crippen LogP contribution is -2.52. The van der Waals surface area contributed by atoms with Gasteiger partial charge in [-0.05, 0) is 61.2 Å². The van der Waals surface area contributed by atoms with E-state index >= 15 is 0 Å². The van der Waals surface area contributed by atoms with Crippen molar-refractivity contribution >= 4 is 35.1 Å². The summed E-state index contributed by atoms with van der Waals surface area (Å²) in [7, 11) is 0. The zero-order valence-electron chi connectivity index (χ0n) is 24.2. The molecular weight excluding hydrogens is 585 g/mol. The molecule has 8 nitrogen and oxygen atoms in total. The SMILES string of the molecule is CC(=O)NC1(c2ccccc2)CCN(CC[C@@H](c2ccc(Cl)c(Cl)c2)[C@@H](OC(C)=O)c2cnnn2-c2ccccc2)CC1. The number of amides is 1. The number of halogens is 2. The maximum absolute atomic E-state index is 12.5. The van der Waals surface area contributed by atoms with Crippen molar-refractivity contribution in [2.45, 2.75) is 50.7 Å². The van der Waals surface area contributed by atoms with Crippen molar-refractivity contribution in [1.82, 2.24) is 25.2 Å². The highest BCUT2D eigenvalue weighted by atomic mass is 35.5. The third-order valence-electron chi connectivity index (χ3n) is 8.11. The number of benzene rings is 3. The maximum Gasteiger partial charge on any atom is 0.303 e. The van der Waals surface area contributed by atoms with Crippen LogP contribution in [0.3, 0.4) is 0 Å². The molecule has 2 heterocycles. The molecule has 1 aliphatic heterocycles. The van der Waals surface area contributed by atoms with Crippen molar-refractivity contribution in [3.63, 3.8) is 0 Å². The van der Waals surface area contributed by atoms with Crippen molar-refractivity contribution < 1.29 is 14.3 Å². The summed E-state index contributed by atoms with van der Waals surface area (Å²) in [6, 6.07) is 25.4. The van der Waals surface area contributed by atoms with Gasteiger partial charge in [-0.15, -0.1) is 5.10 Å². The summed E-state index contributed by atoms with van der Waals surface area (Å²) in [6.45, 7) is 5.31. The molecule has 0 radical (unpaired) electrons. The van der Waals surface area contributed by atoms with Crippen LogP contribution in [0.4, 0.5) is 0 Å². The summed E-state index contributed by atoms with van der Waals surface area (Å²) in [5.41, 5.74) is 3.09. The number of aromatic nitrogens is 3. The van der Waals surface area contributed by atoms with Crippen LogP contribution < -0.4 is 5.32 Å². The van der Waals surface area contributed by atoms with Gasteiger partial charge in [0, 0.05) is 32.9 Å². The van der Waals surface area contributed by atoms with Crippen LogP contribution in [0.1, 0.15) is 62.0 Å². The molecule has 0 saturated carbocycles. The molecule has 4 aromatic rings. The molecule has 5 rings (SSSR count). The number of rotatable bonds is 10. The average molecular weight is 621 g/mol. The number of nitrogens with zero attached hydrogens (tertiary/aromatic N) is 4. The molecule has 0 bridgehead atoms. The van der Waals surface area contributed by atoms with Crippen LogP contribution in [-0.2, 0) is 19.9 Å². The van der Waals surface area contributed by atoms with Gasteiger partial charge in [0.25, 0.3) is 0 Å². The minimum Gasteiger partial charge on any atom is -0.455 e. The Kier molecular flexibility index (Phi) is 9.80. The fraction of sp³-hybridized carbons (Fsp3) is 0.333. The normalized spacial score (nSPS) is 16.3. The highest BCUT2D eigenvalue weighted by Crippen LogP contribution is 2.40. The fourth-order valence-corrected chi connectivity index (χ4v) is 6.34. The van der Waals surface area contributed by atoms with Gasteiger partial charge in [-0.1, -0.05) is 83.0 Å². The van der Waals surface area contributed by atoms with Crippen LogP contribution in [0, 0.1) is 0 Å². The van der Waals surface area contributed by atoms with E-state index in [4.69, 9.17) is 27.9 Å². The van der Waals surface area contributed by atoms with Gasteiger partial charge in [0.2, 0.25) is 5.91 Å². The lowest BCUT2D eigenvalue weighted by Gasteiger charge is -2.43. The topological polar surface area (TPSA) is 89.3 Å². The van der Waals surface area contributed by atoms with E-state index in [1.165, 1.54) is 6.92 Å². The molecule has 2 atom stereocenters. The lowest BCUT2D eigenvalue weighted by molar-refractivity contribution is -0.148. The van der Waals surface area contributed by atoms with E-state index in [9.17, 15) is 9.59 Å². The molecule has 1 amide bonds. The summed E-state index contributed by atoms with van der Waals surface area (Å²) >= 11 is 12.8. The second-order valence-electron chi connectivity index (χ2n) is 11.0. The highest BCUT2D eigenvalue weighted by Gasteiger charge is 2.38. The monoisotopic (exact) mass is 619 g/mol. The molecule has 1 aromatic heterocycles. The first-order chi connectivity index (χ1) is 20.8. The summed E-state index contributed by atoms with van der Waals surface area (Å²) in [4.78, 5) is 27.1. The summed E-state index contributed by atoms with van der Waals surface area (Å²) in [5.74, 6) is -0.711. The van der Waals surface area contributed by atoms with Crippen molar-refractivity contribution in [2.75, 3.05) is 19.6 Å². The minimum atomic E-state index is -0.683. The lowest BCUT2D eigenvalue weighted by atomic mass is 9.80. The first-order valence-corrected chi connectivity index (χ1v) is 15.2. The first-order valence-electron chi connectivity index (χ1n) is 14.4. The molecule has 1 fully saturated rings. The summed E-state index contributed by atoms with van der Waals surface area (Å²) in [6.07, 6.45) is 3.19. The van der Waals surface area contributed by atoms with E-state index in [0.29, 0.717) is 22.2 Å². The number of ether oxygens (including phenoxy) is 1. The summed E-state index contributed by atoms with van der Waals surface area (Å²) in [5, 5.41) is 12.6. The van der Waals surface area contributed by atoms with Gasteiger partial charge in [0.15, 0.2) is 6.10 Å². The number of carbonyl (C=O) groups is 2. The fourth-order valence-electron chi connectivity index (χ4n) is 6.03. The molecular formula is C33H35Cl2N5O3. The van der Waals surface area contributed by atoms with Crippen molar-refractivity contribution in [1.29, 1.82) is 0 Å². The van der Waals surface area contributed by atoms with Crippen LogP contribution >= 0.6 is 23.2 Å². The predicted octanol–water partition coefficient (Wildman–Crippen LogP) is 6.48. The van der Waals surface area contributed by atoms with Crippen molar-refractivity contribution in [2.24, 2.45) is 0 Å². The van der Waals surface area contributed by atoms with Crippen LogP contribution in [0.5, 0.6) is 0 Å². The third kappa shape index (κ3) is 7.26. The van der Waals surface area contributed by atoms with Crippen molar-refractivity contribution in [3.05, 3.63) is 112 Å². The smallest absolute Gasteiger partial charge is 0.303 e. The number of esters is 1. The Labute approximate surface area is 261 Å². The second kappa shape index (κ2) is 13.7. The largest absolute Gasteiger partial charge is 0.455 e. The third-order valence-corrected chi connectivity index (χ3v) is 8.84. The molecule has 0 spiro atoms. The minimum absolute atomic E-state index is 0.0372. The Hall–Kier alpha value is -3.72. The van der Waals surface area contributed by atoms with Crippen LogP contribution in [-0.4, -0.2) is 51.4 Å². The number of likely N-dealkylation sites (tertiary alicyclic amines) is 1. The Bertz CT molecular complexity index is 1540. The number of para-hydroxylation sites is 1. The zero-order chi connectivity index (χ0) is 30.4. The Morgan fingerprint density at radius 1 is 0.953 bits per heavy atom. The van der Waals surface area contributed by atoms with E-state index < -0.39 is 17.6 Å². The standard InChI is InChI=1S/C33H35Cl2N5O3/c1-23(41)37-33(26-9-5-3-6-10-26)16-19-39(20-17-33)18-15-28(25-13-14-29(34)30(35)21-25)32(43-24(2)42)31-22-36-38-40(31)27-11-7-4-8-12-27/h3-14,21-22,28,32H,15-20H2,1-2H3,(H,37,41)/t28-,32+/m0/s1. The van der Waals surface area contributed by atoms with E-state index in [1.54, 1.807) is 23.9 Å². The molecule has 1 N–H and O–H groups in total.